The van der Waals surface area contributed by atoms with Gasteiger partial charge in [-0.1, -0.05) is 204 Å². The topological polar surface area (TPSA) is 78.9 Å². The molecule has 1 unspecified atom stereocenters. The van der Waals surface area contributed by atoms with E-state index in [1.165, 1.54) is 0 Å². The zero-order chi connectivity index (χ0) is 48.6. The van der Waals surface area contributed by atoms with Crippen molar-refractivity contribution < 1.29 is 28.6 Å². The monoisotopic (exact) mass is 919 g/mol. The van der Waals surface area contributed by atoms with Gasteiger partial charge in [-0.05, 0) is 122 Å². The van der Waals surface area contributed by atoms with Gasteiger partial charge in [-0.15, -0.1) is 0 Å². The van der Waals surface area contributed by atoms with E-state index in [1.54, 1.807) is 0 Å². The number of esters is 3. The Labute approximate surface area is 409 Å². The third kappa shape index (κ3) is 51.6. The molecule has 0 heterocycles. The van der Waals surface area contributed by atoms with Gasteiger partial charge in [0.15, 0.2) is 6.10 Å². The van der Waals surface area contributed by atoms with E-state index in [9.17, 15) is 14.4 Å². The number of hydrogen-bond donors (Lipinski definition) is 0. The van der Waals surface area contributed by atoms with Crippen LogP contribution in [0, 0.1) is 0 Å². The Hall–Kier alpha value is -5.23. The number of carbonyl (C=O) groups excluding carboxylic acids is 3. The molecule has 0 aromatic rings. The third-order valence-corrected chi connectivity index (χ3v) is 9.72. The molecule has 67 heavy (non-hydrogen) atoms. The maximum Gasteiger partial charge on any atom is 0.306 e. The molecule has 0 aliphatic heterocycles. The van der Waals surface area contributed by atoms with E-state index < -0.39 is 6.10 Å². The van der Waals surface area contributed by atoms with Crippen LogP contribution in [-0.2, 0) is 28.6 Å². The molecule has 0 amide bonds. The molecule has 0 spiro atoms. The standard InChI is InChI=1S/C61H90O6/c1-4-7-10-13-16-19-22-25-27-29-30-32-33-36-39-42-45-48-51-54-60(63)66-57-58(56-65-59(62)53-50-47-44-41-38-35-24-21-18-15-12-9-6-3)67-61(64)55-52-49-46-43-40-37-34-31-28-26-23-20-17-14-11-8-5-2/h7-12,16-21,25-28,30,32,34-39,44-45,47-48,58H,4-6,13-15,22-24,29,31,33,40-43,46,49-57H2,1-3H3/b10-7-,11-8-,12-9-,19-16-,20-17-,21-18-,27-25-,28-26-,32-30-,37-34-,38-35-,39-36-,47-44-,48-45-. The lowest BCUT2D eigenvalue weighted by atomic mass is 10.1. The molecular weight excluding hydrogens is 829 g/mol. The van der Waals surface area contributed by atoms with Crippen LogP contribution in [0.4, 0.5) is 0 Å². The van der Waals surface area contributed by atoms with Crippen LogP contribution < -0.4 is 0 Å². The normalized spacial score (nSPS) is 13.5. The summed E-state index contributed by atoms with van der Waals surface area (Å²) in [4.78, 5) is 37.9. The largest absolute Gasteiger partial charge is 0.462 e. The summed E-state index contributed by atoms with van der Waals surface area (Å²) in [5.41, 5.74) is 0. The highest BCUT2D eigenvalue weighted by Crippen LogP contribution is 2.10. The summed E-state index contributed by atoms with van der Waals surface area (Å²) in [6.07, 6.45) is 79.3. The van der Waals surface area contributed by atoms with E-state index >= 15 is 0 Å². The van der Waals surface area contributed by atoms with Crippen LogP contribution in [-0.4, -0.2) is 37.2 Å². The lowest BCUT2D eigenvalue weighted by Gasteiger charge is -2.18. The van der Waals surface area contributed by atoms with Crippen LogP contribution in [0.3, 0.4) is 0 Å². The van der Waals surface area contributed by atoms with E-state index in [-0.39, 0.29) is 50.4 Å². The Morgan fingerprint density at radius 2 is 0.567 bits per heavy atom. The second-order valence-electron chi connectivity index (χ2n) is 15.9. The van der Waals surface area contributed by atoms with E-state index in [0.29, 0.717) is 19.3 Å². The van der Waals surface area contributed by atoms with Crippen molar-refractivity contribution in [1.82, 2.24) is 0 Å². The van der Waals surface area contributed by atoms with Gasteiger partial charge in [-0.25, -0.2) is 0 Å². The molecule has 6 nitrogen and oxygen atoms in total. The van der Waals surface area contributed by atoms with Gasteiger partial charge >= 0.3 is 17.9 Å². The lowest BCUT2D eigenvalue weighted by Crippen LogP contribution is -2.30. The van der Waals surface area contributed by atoms with E-state index in [1.807, 2.05) is 24.3 Å². The van der Waals surface area contributed by atoms with Crippen LogP contribution >= 0.6 is 0 Å². The Morgan fingerprint density at radius 1 is 0.299 bits per heavy atom. The second kappa shape index (κ2) is 53.4. The van der Waals surface area contributed by atoms with E-state index in [4.69, 9.17) is 14.2 Å². The molecule has 370 valence electrons. The van der Waals surface area contributed by atoms with Crippen LogP contribution in [0.15, 0.2) is 170 Å². The number of rotatable bonds is 43. The molecule has 0 rings (SSSR count). The van der Waals surface area contributed by atoms with Crippen molar-refractivity contribution >= 4 is 17.9 Å². The molecule has 0 aliphatic carbocycles. The number of unbranched alkanes of at least 4 members (excludes halogenated alkanes) is 4. The van der Waals surface area contributed by atoms with Crippen molar-refractivity contribution in [1.29, 1.82) is 0 Å². The quantitative estimate of drug-likeness (QED) is 0.0262. The van der Waals surface area contributed by atoms with Gasteiger partial charge in [0.05, 0.1) is 0 Å². The number of allylic oxidation sites excluding steroid dienone is 28. The fraction of sp³-hybridized carbons (Fsp3) is 0.492. The number of carbonyl (C=O) groups is 3. The van der Waals surface area contributed by atoms with E-state index in [0.717, 1.165) is 116 Å². The smallest absolute Gasteiger partial charge is 0.306 e. The first-order valence-corrected chi connectivity index (χ1v) is 25.6. The van der Waals surface area contributed by atoms with Crippen LogP contribution in [0.2, 0.25) is 0 Å². The average molecular weight is 919 g/mol. The predicted molar refractivity (Wildman–Crippen MR) is 288 cm³/mol. The minimum Gasteiger partial charge on any atom is -0.462 e. The highest BCUT2D eigenvalue weighted by atomic mass is 16.6. The fourth-order valence-electron chi connectivity index (χ4n) is 6.00. The maximum atomic E-state index is 12.8. The second-order valence-corrected chi connectivity index (χ2v) is 15.9. The van der Waals surface area contributed by atoms with Gasteiger partial charge in [-0.3, -0.25) is 14.4 Å². The van der Waals surface area contributed by atoms with E-state index in [2.05, 4.69) is 167 Å². The molecule has 0 bridgehead atoms. The summed E-state index contributed by atoms with van der Waals surface area (Å²) < 4.78 is 16.6. The van der Waals surface area contributed by atoms with Crippen molar-refractivity contribution in [2.24, 2.45) is 0 Å². The number of ether oxygens (including phenoxy) is 3. The molecule has 0 aromatic carbocycles. The van der Waals surface area contributed by atoms with Crippen molar-refractivity contribution in [3.63, 3.8) is 0 Å². The van der Waals surface area contributed by atoms with Gasteiger partial charge < -0.3 is 14.2 Å². The lowest BCUT2D eigenvalue weighted by molar-refractivity contribution is -0.166. The van der Waals surface area contributed by atoms with Crippen molar-refractivity contribution in [3.8, 4) is 0 Å². The Kier molecular flexibility index (Phi) is 49.2. The molecule has 0 fully saturated rings. The first-order valence-electron chi connectivity index (χ1n) is 25.6. The van der Waals surface area contributed by atoms with Crippen LogP contribution in [0.25, 0.3) is 0 Å². The molecule has 6 heteroatoms. The first-order chi connectivity index (χ1) is 33.0. The average Bonchev–Trinajstić information content (AvgIpc) is 3.33. The van der Waals surface area contributed by atoms with Crippen molar-refractivity contribution in [2.75, 3.05) is 13.2 Å². The zero-order valence-corrected chi connectivity index (χ0v) is 42.1. The first kappa shape index (κ1) is 61.8. The highest BCUT2D eigenvalue weighted by molar-refractivity contribution is 5.71. The third-order valence-electron chi connectivity index (χ3n) is 9.72. The molecule has 0 saturated carbocycles. The molecule has 0 aromatic heterocycles. The summed E-state index contributed by atoms with van der Waals surface area (Å²) in [6.45, 7) is 6.10. The Balaban J connectivity index is 4.66. The predicted octanol–water partition coefficient (Wildman–Crippen LogP) is 17.2. The Bertz CT molecular complexity index is 1620. The molecule has 0 saturated heterocycles. The minimum atomic E-state index is -0.859. The molecule has 1 atom stereocenters. The summed E-state index contributed by atoms with van der Waals surface area (Å²) in [7, 11) is 0. The van der Waals surface area contributed by atoms with Crippen molar-refractivity contribution in [2.45, 2.75) is 181 Å². The molecule has 0 aliphatic rings. The van der Waals surface area contributed by atoms with Gasteiger partial charge in [0.2, 0.25) is 0 Å². The molecule has 0 N–H and O–H groups in total. The summed E-state index contributed by atoms with van der Waals surface area (Å²) in [5, 5.41) is 0. The van der Waals surface area contributed by atoms with Gasteiger partial charge in [0.25, 0.3) is 0 Å². The minimum absolute atomic E-state index is 0.159. The maximum absolute atomic E-state index is 12.8. The van der Waals surface area contributed by atoms with Crippen LogP contribution in [0.5, 0.6) is 0 Å². The van der Waals surface area contributed by atoms with Crippen molar-refractivity contribution in [3.05, 3.63) is 170 Å². The number of hydrogen-bond acceptors (Lipinski definition) is 6. The zero-order valence-electron chi connectivity index (χ0n) is 42.1. The molecule has 0 radical (unpaired) electrons. The van der Waals surface area contributed by atoms with Gasteiger partial charge in [0, 0.05) is 19.3 Å². The Morgan fingerprint density at radius 3 is 0.881 bits per heavy atom. The fourth-order valence-corrected chi connectivity index (χ4v) is 6.00. The highest BCUT2D eigenvalue weighted by Gasteiger charge is 2.19. The molecular formula is C61H90O6. The van der Waals surface area contributed by atoms with Gasteiger partial charge in [-0.2, -0.15) is 0 Å². The van der Waals surface area contributed by atoms with Crippen LogP contribution in [0.1, 0.15) is 175 Å². The summed E-state index contributed by atoms with van der Waals surface area (Å²) in [5.74, 6) is -1.16. The summed E-state index contributed by atoms with van der Waals surface area (Å²) in [6, 6.07) is 0. The summed E-state index contributed by atoms with van der Waals surface area (Å²) >= 11 is 0. The SMILES string of the molecule is CC/C=C\C/C=C\C/C=C\C/C=C\C/C=C\C/C=C\CCC(=O)OCC(COC(=O)CC/C=C\C/C=C\C/C=C\C/C=C\CC)OC(=O)CCCCCC/C=C\C/C=C\C/C=C\C/C=C\CC. The van der Waals surface area contributed by atoms with Gasteiger partial charge in [0.1, 0.15) is 13.2 Å².